The standard InChI is InChI=1S/C22H17N3O3/c1-14-6-11-19(20(26)12-14)24-21(27)15-7-9-16(10-8-15)25-13-23-18-5-3-2-4-17(18)22(25)28/h2-13,26H,1H3,(H,24,27). The van der Waals surface area contributed by atoms with E-state index >= 15 is 0 Å². The lowest BCUT2D eigenvalue weighted by atomic mass is 10.1. The van der Waals surface area contributed by atoms with Crippen molar-refractivity contribution in [3.05, 3.63) is 94.5 Å². The van der Waals surface area contributed by atoms with Crippen LogP contribution in [0.5, 0.6) is 5.75 Å². The number of phenols is 1. The average Bonchev–Trinajstić information content (AvgIpc) is 2.71. The van der Waals surface area contributed by atoms with E-state index in [9.17, 15) is 14.7 Å². The van der Waals surface area contributed by atoms with Crippen molar-refractivity contribution in [3.63, 3.8) is 0 Å². The highest BCUT2D eigenvalue weighted by Crippen LogP contribution is 2.24. The summed E-state index contributed by atoms with van der Waals surface area (Å²) in [4.78, 5) is 29.4. The second-order valence-corrected chi connectivity index (χ2v) is 6.46. The van der Waals surface area contributed by atoms with Crippen LogP contribution in [0, 0.1) is 6.92 Å². The van der Waals surface area contributed by atoms with Crippen LogP contribution < -0.4 is 10.9 Å². The number of anilines is 1. The minimum absolute atomic E-state index is 0.0127. The Morgan fingerprint density at radius 1 is 1.04 bits per heavy atom. The summed E-state index contributed by atoms with van der Waals surface area (Å²) >= 11 is 0. The Bertz CT molecular complexity index is 1240. The molecule has 1 aromatic heterocycles. The Labute approximate surface area is 160 Å². The summed E-state index contributed by atoms with van der Waals surface area (Å²) in [6.45, 7) is 1.85. The van der Waals surface area contributed by atoms with Crippen molar-refractivity contribution in [1.29, 1.82) is 0 Å². The zero-order valence-corrected chi connectivity index (χ0v) is 15.1. The third-order valence-corrected chi connectivity index (χ3v) is 4.47. The molecule has 6 heteroatoms. The quantitative estimate of drug-likeness (QED) is 0.539. The molecule has 0 unspecified atom stereocenters. The molecule has 0 bridgehead atoms. The summed E-state index contributed by atoms with van der Waals surface area (Å²) in [5.41, 5.74) is 2.72. The topological polar surface area (TPSA) is 84.2 Å². The van der Waals surface area contributed by atoms with Crippen LogP contribution in [0.15, 0.2) is 77.9 Å². The minimum atomic E-state index is -0.352. The highest BCUT2D eigenvalue weighted by atomic mass is 16.3. The van der Waals surface area contributed by atoms with E-state index in [2.05, 4.69) is 10.3 Å². The number of para-hydroxylation sites is 1. The third-order valence-electron chi connectivity index (χ3n) is 4.47. The smallest absolute Gasteiger partial charge is 0.265 e. The molecule has 1 heterocycles. The SMILES string of the molecule is Cc1ccc(NC(=O)c2ccc(-n3cnc4ccccc4c3=O)cc2)c(O)c1. The van der Waals surface area contributed by atoms with Crippen molar-refractivity contribution >= 4 is 22.5 Å². The minimum Gasteiger partial charge on any atom is -0.506 e. The van der Waals surface area contributed by atoms with Crippen LogP contribution in [0.4, 0.5) is 5.69 Å². The van der Waals surface area contributed by atoms with Gasteiger partial charge in [-0.15, -0.1) is 0 Å². The van der Waals surface area contributed by atoms with E-state index < -0.39 is 0 Å². The molecule has 0 aliphatic carbocycles. The van der Waals surface area contributed by atoms with Crippen molar-refractivity contribution in [2.75, 3.05) is 5.32 Å². The van der Waals surface area contributed by atoms with Crippen LogP contribution in [-0.2, 0) is 0 Å². The van der Waals surface area contributed by atoms with Gasteiger partial charge in [0.2, 0.25) is 0 Å². The number of hydrogen-bond donors (Lipinski definition) is 2. The fourth-order valence-corrected chi connectivity index (χ4v) is 2.97. The molecule has 0 saturated carbocycles. The molecule has 3 aromatic carbocycles. The number of phenolic OH excluding ortho intramolecular Hbond substituents is 1. The fraction of sp³-hybridized carbons (Fsp3) is 0.0455. The maximum atomic E-state index is 12.7. The monoisotopic (exact) mass is 371 g/mol. The molecule has 138 valence electrons. The van der Waals surface area contributed by atoms with Gasteiger partial charge in [0.05, 0.1) is 22.3 Å². The third kappa shape index (κ3) is 3.23. The maximum Gasteiger partial charge on any atom is 0.265 e. The molecule has 0 aliphatic heterocycles. The van der Waals surface area contributed by atoms with Gasteiger partial charge in [0, 0.05) is 5.56 Å². The molecule has 0 radical (unpaired) electrons. The van der Waals surface area contributed by atoms with Crippen LogP contribution >= 0.6 is 0 Å². The molecule has 28 heavy (non-hydrogen) atoms. The first-order valence-corrected chi connectivity index (χ1v) is 8.71. The van der Waals surface area contributed by atoms with Crippen molar-refractivity contribution < 1.29 is 9.90 Å². The van der Waals surface area contributed by atoms with Crippen LogP contribution in [0.3, 0.4) is 0 Å². The van der Waals surface area contributed by atoms with Gasteiger partial charge >= 0.3 is 0 Å². The molecular formula is C22H17N3O3. The van der Waals surface area contributed by atoms with Gasteiger partial charge in [-0.1, -0.05) is 18.2 Å². The van der Waals surface area contributed by atoms with Crippen molar-refractivity contribution in [3.8, 4) is 11.4 Å². The molecule has 4 rings (SSSR count). The second-order valence-electron chi connectivity index (χ2n) is 6.46. The second kappa shape index (κ2) is 7.00. The number of nitrogens with zero attached hydrogens (tertiary/aromatic N) is 2. The normalized spacial score (nSPS) is 10.8. The first-order chi connectivity index (χ1) is 13.5. The van der Waals surface area contributed by atoms with Crippen LogP contribution in [0.2, 0.25) is 0 Å². The van der Waals surface area contributed by atoms with E-state index in [-0.39, 0.29) is 17.2 Å². The number of hydrogen-bond acceptors (Lipinski definition) is 4. The molecule has 0 saturated heterocycles. The summed E-state index contributed by atoms with van der Waals surface area (Å²) in [6.07, 6.45) is 1.48. The van der Waals surface area contributed by atoms with Gasteiger partial charge < -0.3 is 10.4 Å². The maximum absolute atomic E-state index is 12.7. The summed E-state index contributed by atoms with van der Waals surface area (Å²) in [7, 11) is 0. The van der Waals surface area contributed by atoms with Crippen LogP contribution in [0.25, 0.3) is 16.6 Å². The van der Waals surface area contributed by atoms with E-state index in [0.717, 1.165) is 5.56 Å². The number of aromatic hydroxyl groups is 1. The van der Waals surface area contributed by atoms with Crippen LogP contribution in [0.1, 0.15) is 15.9 Å². The first kappa shape index (κ1) is 17.5. The molecule has 6 nitrogen and oxygen atoms in total. The highest BCUT2D eigenvalue weighted by Gasteiger charge is 2.10. The van der Waals surface area contributed by atoms with E-state index in [1.54, 1.807) is 60.7 Å². The number of aryl methyl sites for hydroxylation is 1. The Hall–Kier alpha value is -3.93. The summed E-state index contributed by atoms with van der Waals surface area (Å²) in [5.74, 6) is -0.339. The Morgan fingerprint density at radius 2 is 1.79 bits per heavy atom. The van der Waals surface area contributed by atoms with E-state index in [1.165, 1.54) is 10.9 Å². The molecule has 1 amide bonds. The number of nitrogens with one attached hydrogen (secondary N) is 1. The van der Waals surface area contributed by atoms with Gasteiger partial charge in [0.1, 0.15) is 12.1 Å². The fourth-order valence-electron chi connectivity index (χ4n) is 2.97. The van der Waals surface area contributed by atoms with Crippen molar-refractivity contribution in [2.45, 2.75) is 6.92 Å². The molecule has 0 aliphatic rings. The molecule has 0 spiro atoms. The lowest BCUT2D eigenvalue weighted by Gasteiger charge is -2.10. The number of amides is 1. The van der Waals surface area contributed by atoms with E-state index in [4.69, 9.17) is 0 Å². The number of aromatic nitrogens is 2. The number of carbonyl (C=O) groups excluding carboxylic acids is 1. The lowest BCUT2D eigenvalue weighted by Crippen LogP contribution is -2.19. The van der Waals surface area contributed by atoms with Gasteiger partial charge in [0.25, 0.3) is 11.5 Å². The number of benzene rings is 3. The van der Waals surface area contributed by atoms with Gasteiger partial charge in [-0.25, -0.2) is 4.98 Å². The molecule has 0 fully saturated rings. The molecular weight excluding hydrogens is 354 g/mol. The Morgan fingerprint density at radius 3 is 2.54 bits per heavy atom. The number of fused-ring (bicyclic) bond motifs is 1. The predicted molar refractivity (Wildman–Crippen MR) is 108 cm³/mol. The van der Waals surface area contributed by atoms with Gasteiger partial charge in [-0.05, 0) is 61.0 Å². The largest absolute Gasteiger partial charge is 0.506 e. The number of carbonyl (C=O) groups is 1. The molecule has 0 atom stereocenters. The summed E-state index contributed by atoms with van der Waals surface area (Å²) in [5, 5.41) is 13.1. The van der Waals surface area contributed by atoms with Gasteiger partial charge in [0.15, 0.2) is 0 Å². The number of rotatable bonds is 3. The average molecular weight is 371 g/mol. The summed E-state index contributed by atoms with van der Waals surface area (Å²) in [6, 6.07) is 18.8. The van der Waals surface area contributed by atoms with Crippen LogP contribution in [-0.4, -0.2) is 20.6 Å². The summed E-state index contributed by atoms with van der Waals surface area (Å²) < 4.78 is 1.44. The van der Waals surface area contributed by atoms with Crippen molar-refractivity contribution in [1.82, 2.24) is 9.55 Å². The van der Waals surface area contributed by atoms with Crippen molar-refractivity contribution in [2.24, 2.45) is 0 Å². The Kier molecular flexibility index (Phi) is 4.37. The molecule has 2 N–H and O–H groups in total. The lowest BCUT2D eigenvalue weighted by molar-refractivity contribution is 0.102. The van der Waals surface area contributed by atoms with Gasteiger partial charge in [-0.3, -0.25) is 14.2 Å². The van der Waals surface area contributed by atoms with E-state index in [0.29, 0.717) is 27.8 Å². The predicted octanol–water partition coefficient (Wildman–Crippen LogP) is 3.65. The van der Waals surface area contributed by atoms with Gasteiger partial charge in [-0.2, -0.15) is 0 Å². The first-order valence-electron chi connectivity index (χ1n) is 8.71. The zero-order valence-electron chi connectivity index (χ0n) is 15.1. The molecule has 4 aromatic rings. The highest BCUT2D eigenvalue weighted by molar-refractivity contribution is 6.05. The van der Waals surface area contributed by atoms with E-state index in [1.807, 2.05) is 13.0 Å². The Balaban J connectivity index is 1.61. The zero-order chi connectivity index (χ0) is 19.7.